The molecule has 0 saturated carbocycles. The number of fused-ring (bicyclic) bond motifs is 3. The van der Waals surface area contributed by atoms with Crippen molar-refractivity contribution < 1.29 is 0 Å². The highest BCUT2D eigenvalue weighted by Crippen LogP contribution is 2.47. The van der Waals surface area contributed by atoms with E-state index >= 15 is 0 Å². The van der Waals surface area contributed by atoms with Crippen molar-refractivity contribution in [2.45, 2.75) is 41.5 Å². The minimum Gasteiger partial charge on any atom is -0.308 e. The van der Waals surface area contributed by atoms with Crippen molar-refractivity contribution in [1.29, 1.82) is 10.5 Å². The van der Waals surface area contributed by atoms with Crippen LogP contribution in [0.3, 0.4) is 0 Å². The lowest BCUT2D eigenvalue weighted by atomic mass is 9.88. The maximum Gasteiger partial charge on any atom is 0.160 e. The Morgan fingerprint density at radius 3 is 1.23 bits per heavy atom. The third-order valence-corrected chi connectivity index (χ3v) is 13.8. The average molecular weight is 912 g/mol. The molecule has 0 amide bonds. The molecule has 11 rings (SSSR count). The SMILES string of the molecule is Cc1cc(C)c(-c2ccc3c(c2)c2cc(-c4c(C)cc(C)cc4C)ccc2n3-c2c(-c3ccccc3C#N)cc(-c3cc(-c4ccccc4)nc(-c4ccccc4)n3)cc2-c2ccccc2C#N)c(C)c1. The second-order valence-electron chi connectivity index (χ2n) is 18.8. The molecule has 71 heavy (non-hydrogen) atoms. The van der Waals surface area contributed by atoms with E-state index in [9.17, 15) is 10.5 Å². The molecule has 2 heterocycles. The van der Waals surface area contributed by atoms with Gasteiger partial charge in [0.1, 0.15) is 0 Å². The fraction of sp³-hybridized carbons (Fsp3) is 0.0909. The normalized spacial score (nSPS) is 11.2. The Kier molecular flexibility index (Phi) is 11.3. The van der Waals surface area contributed by atoms with Crippen LogP contribution in [0, 0.1) is 64.2 Å². The molecule has 0 radical (unpaired) electrons. The molecular weight excluding hydrogens is 863 g/mol. The van der Waals surface area contributed by atoms with Crippen LogP contribution in [0.1, 0.15) is 44.5 Å². The van der Waals surface area contributed by atoms with Gasteiger partial charge >= 0.3 is 0 Å². The quantitative estimate of drug-likeness (QED) is 0.152. The first-order valence-electron chi connectivity index (χ1n) is 24.0. The Hall–Kier alpha value is -9.16. The summed E-state index contributed by atoms with van der Waals surface area (Å²) < 4.78 is 2.36. The Bertz CT molecular complexity index is 3720. The molecule has 5 nitrogen and oxygen atoms in total. The molecule has 9 aromatic carbocycles. The lowest BCUT2D eigenvalue weighted by Gasteiger charge is -2.22. The molecule has 0 spiro atoms. The highest BCUT2D eigenvalue weighted by molar-refractivity contribution is 6.13. The van der Waals surface area contributed by atoms with Crippen LogP contribution in [0.5, 0.6) is 0 Å². The molecule has 11 aromatic rings. The van der Waals surface area contributed by atoms with Gasteiger partial charge in [-0.25, -0.2) is 9.97 Å². The number of benzene rings is 9. The second-order valence-corrected chi connectivity index (χ2v) is 18.8. The molecule has 0 aliphatic rings. The van der Waals surface area contributed by atoms with Crippen molar-refractivity contribution in [3.8, 4) is 96.2 Å². The smallest absolute Gasteiger partial charge is 0.160 e. The molecule has 338 valence electrons. The Morgan fingerprint density at radius 1 is 0.366 bits per heavy atom. The zero-order valence-electron chi connectivity index (χ0n) is 40.6. The van der Waals surface area contributed by atoms with E-state index in [1.54, 1.807) is 0 Å². The summed E-state index contributed by atoms with van der Waals surface area (Å²) >= 11 is 0. The molecular formula is C66H49N5. The molecule has 0 unspecified atom stereocenters. The largest absolute Gasteiger partial charge is 0.308 e. The van der Waals surface area contributed by atoms with Crippen molar-refractivity contribution in [2.75, 3.05) is 0 Å². The van der Waals surface area contributed by atoms with Gasteiger partial charge in [0.05, 0.1) is 51.4 Å². The van der Waals surface area contributed by atoms with Crippen molar-refractivity contribution >= 4 is 21.8 Å². The van der Waals surface area contributed by atoms with Crippen LogP contribution in [0.25, 0.3) is 106 Å². The number of nitrogens with zero attached hydrogens (tertiary/aromatic N) is 5. The average Bonchev–Trinajstić information content (AvgIpc) is 3.70. The molecule has 0 atom stereocenters. The minimum absolute atomic E-state index is 0.532. The maximum atomic E-state index is 10.9. The van der Waals surface area contributed by atoms with Gasteiger partial charge in [-0.15, -0.1) is 0 Å². The Morgan fingerprint density at radius 2 is 0.775 bits per heavy atom. The van der Waals surface area contributed by atoms with Gasteiger partial charge in [-0.2, -0.15) is 10.5 Å². The number of nitriles is 2. The number of hydrogen-bond acceptors (Lipinski definition) is 4. The standard InChI is InChI=1S/C66H49N5/c1-40-29-42(3)63(43(4)30-40)48-25-27-61-55(33-48)56-34-49(64-44(5)31-41(2)32-45(64)6)26-28-62(56)71(61)65-57(53-23-15-13-21-50(53)38-67)35-52(36-58(65)54-24-16-14-22-51(54)39-68)60-37-59(46-17-9-7-10-18-46)69-66(70-60)47-19-11-8-12-20-47/h7-37H,1-6H3. The van der Waals surface area contributed by atoms with Crippen molar-refractivity contribution in [3.63, 3.8) is 0 Å². The summed E-state index contributed by atoms with van der Waals surface area (Å²) in [6.45, 7) is 13.1. The lowest BCUT2D eigenvalue weighted by Crippen LogP contribution is -2.04. The highest BCUT2D eigenvalue weighted by atomic mass is 15.0. The van der Waals surface area contributed by atoms with Crippen molar-refractivity contribution in [2.24, 2.45) is 0 Å². The Labute approximate surface area is 415 Å². The van der Waals surface area contributed by atoms with Gasteiger partial charge in [0.2, 0.25) is 0 Å². The van der Waals surface area contributed by atoms with E-state index in [1.807, 2.05) is 103 Å². The first-order chi connectivity index (χ1) is 34.6. The predicted octanol–water partition coefficient (Wildman–Crippen LogP) is 16.8. The van der Waals surface area contributed by atoms with Crippen LogP contribution in [0.2, 0.25) is 0 Å². The zero-order valence-corrected chi connectivity index (χ0v) is 40.6. The summed E-state index contributed by atoms with van der Waals surface area (Å²) in [6, 6.07) is 70.1. The minimum atomic E-state index is 0.532. The molecule has 0 bridgehead atoms. The molecule has 0 saturated heterocycles. The number of aryl methyl sites for hydroxylation is 6. The molecule has 0 aliphatic carbocycles. The van der Waals surface area contributed by atoms with Gasteiger partial charge in [0.25, 0.3) is 0 Å². The van der Waals surface area contributed by atoms with Crippen LogP contribution in [0.4, 0.5) is 0 Å². The summed E-state index contributed by atoms with van der Waals surface area (Å²) in [5.74, 6) is 0.594. The summed E-state index contributed by atoms with van der Waals surface area (Å²) in [5, 5.41) is 24.0. The van der Waals surface area contributed by atoms with E-state index in [0.717, 1.165) is 83.3 Å². The maximum absolute atomic E-state index is 10.9. The summed E-state index contributed by atoms with van der Waals surface area (Å²) in [7, 11) is 0. The van der Waals surface area contributed by atoms with Crippen LogP contribution >= 0.6 is 0 Å². The van der Waals surface area contributed by atoms with Gasteiger partial charge in [-0.05, 0) is 141 Å². The number of rotatable bonds is 8. The first kappa shape index (κ1) is 44.4. The van der Waals surface area contributed by atoms with Gasteiger partial charge in [-0.1, -0.05) is 145 Å². The van der Waals surface area contributed by atoms with E-state index in [-0.39, 0.29) is 0 Å². The zero-order chi connectivity index (χ0) is 48.9. The van der Waals surface area contributed by atoms with Crippen LogP contribution < -0.4 is 0 Å². The highest BCUT2D eigenvalue weighted by Gasteiger charge is 2.26. The lowest BCUT2D eigenvalue weighted by molar-refractivity contribution is 1.17. The third kappa shape index (κ3) is 7.94. The van der Waals surface area contributed by atoms with E-state index in [2.05, 4.69) is 143 Å². The molecule has 0 aliphatic heterocycles. The van der Waals surface area contributed by atoms with Gasteiger partial charge in [0.15, 0.2) is 5.82 Å². The number of hydrogen-bond donors (Lipinski definition) is 0. The molecule has 5 heteroatoms. The van der Waals surface area contributed by atoms with Crippen molar-refractivity contribution in [3.05, 3.63) is 233 Å². The van der Waals surface area contributed by atoms with E-state index < -0.39 is 0 Å². The van der Waals surface area contributed by atoms with Gasteiger partial charge < -0.3 is 4.57 Å². The Balaban J connectivity index is 1.30. The van der Waals surface area contributed by atoms with Gasteiger partial charge in [-0.3, -0.25) is 0 Å². The van der Waals surface area contributed by atoms with Crippen molar-refractivity contribution in [1.82, 2.24) is 14.5 Å². The van der Waals surface area contributed by atoms with E-state index in [1.165, 1.54) is 44.5 Å². The predicted molar refractivity (Wildman–Crippen MR) is 292 cm³/mol. The number of aromatic nitrogens is 3. The third-order valence-electron chi connectivity index (χ3n) is 13.8. The second kappa shape index (κ2) is 18.1. The van der Waals surface area contributed by atoms with Crippen LogP contribution in [0.15, 0.2) is 188 Å². The van der Waals surface area contributed by atoms with Crippen LogP contribution in [-0.4, -0.2) is 14.5 Å². The van der Waals surface area contributed by atoms with Gasteiger partial charge in [0, 0.05) is 49.7 Å². The summed E-state index contributed by atoms with van der Waals surface area (Å²) in [5.41, 5.74) is 23.4. The van der Waals surface area contributed by atoms with E-state index in [0.29, 0.717) is 22.6 Å². The monoisotopic (exact) mass is 911 g/mol. The van der Waals surface area contributed by atoms with E-state index in [4.69, 9.17) is 9.97 Å². The fourth-order valence-electron chi connectivity index (χ4n) is 11.0. The first-order valence-corrected chi connectivity index (χ1v) is 24.0. The molecule has 0 fully saturated rings. The topological polar surface area (TPSA) is 78.3 Å². The molecule has 2 aromatic heterocycles. The van der Waals surface area contributed by atoms with Crippen LogP contribution in [-0.2, 0) is 0 Å². The summed E-state index contributed by atoms with van der Waals surface area (Å²) in [4.78, 5) is 10.4. The summed E-state index contributed by atoms with van der Waals surface area (Å²) in [6.07, 6.45) is 0. The molecule has 0 N–H and O–H groups in total. The fourth-order valence-corrected chi connectivity index (χ4v) is 11.0.